The molecule has 6 nitrogen and oxygen atoms in total. The summed E-state index contributed by atoms with van der Waals surface area (Å²) in [5, 5.41) is 11.8. The molecule has 0 bridgehead atoms. The number of cyclic esters (lactones) is 1. The van der Waals surface area contributed by atoms with Crippen LogP contribution in [0.4, 0.5) is 0 Å². The van der Waals surface area contributed by atoms with E-state index in [1.165, 1.54) is 0 Å². The third kappa shape index (κ3) is 2.27. The molecule has 0 unspecified atom stereocenters. The molecule has 138 valence electrons. The van der Waals surface area contributed by atoms with E-state index in [2.05, 4.69) is 0 Å². The van der Waals surface area contributed by atoms with Gasteiger partial charge in [-0.25, -0.2) is 9.78 Å². The van der Waals surface area contributed by atoms with Crippen LogP contribution >= 0.6 is 12.4 Å². The second kappa shape index (κ2) is 5.90. The molecule has 5 rings (SSSR count). The number of hydrogen-bond donors (Lipinski definition) is 1. The van der Waals surface area contributed by atoms with E-state index in [9.17, 15) is 14.7 Å². The van der Waals surface area contributed by atoms with E-state index in [1.807, 2.05) is 30.3 Å². The molecule has 0 aliphatic carbocycles. The van der Waals surface area contributed by atoms with Crippen LogP contribution in [-0.4, -0.2) is 20.6 Å². The molecular weight excluding hydrogens is 368 g/mol. The molecule has 1 atom stereocenters. The number of aromatic nitrogens is 2. The first-order valence-electron chi connectivity index (χ1n) is 8.59. The van der Waals surface area contributed by atoms with Crippen molar-refractivity contribution in [2.24, 2.45) is 0 Å². The van der Waals surface area contributed by atoms with Gasteiger partial charge in [-0.05, 0) is 24.6 Å². The van der Waals surface area contributed by atoms with Crippen molar-refractivity contribution in [1.82, 2.24) is 9.55 Å². The van der Waals surface area contributed by atoms with Gasteiger partial charge in [0, 0.05) is 16.5 Å². The average molecular weight is 385 g/mol. The molecule has 2 aliphatic rings. The predicted octanol–water partition coefficient (Wildman–Crippen LogP) is 2.50. The second-order valence-corrected chi connectivity index (χ2v) is 6.79. The van der Waals surface area contributed by atoms with E-state index in [4.69, 9.17) is 9.72 Å². The van der Waals surface area contributed by atoms with Crippen LogP contribution < -0.4 is 5.56 Å². The van der Waals surface area contributed by atoms with Crippen LogP contribution in [0.3, 0.4) is 0 Å². The zero-order valence-corrected chi connectivity index (χ0v) is 15.4. The highest BCUT2D eigenvalue weighted by Gasteiger charge is 2.45. The summed E-state index contributed by atoms with van der Waals surface area (Å²) in [5.74, 6) is -0.707. The Kier molecular flexibility index (Phi) is 3.87. The Balaban J connectivity index is 0.00000180. The molecule has 1 aromatic carbocycles. The van der Waals surface area contributed by atoms with Gasteiger partial charge in [-0.1, -0.05) is 25.1 Å². The van der Waals surface area contributed by atoms with Crippen molar-refractivity contribution in [3.8, 4) is 11.4 Å². The van der Waals surface area contributed by atoms with Crippen molar-refractivity contribution in [2.45, 2.75) is 32.1 Å². The number of hydrogen-bond acceptors (Lipinski definition) is 5. The lowest BCUT2D eigenvalue weighted by molar-refractivity contribution is -0.172. The maximum Gasteiger partial charge on any atom is 0.343 e. The molecule has 3 aromatic rings. The fraction of sp³-hybridized carbons (Fsp3) is 0.250. The van der Waals surface area contributed by atoms with Gasteiger partial charge in [0.1, 0.15) is 6.61 Å². The van der Waals surface area contributed by atoms with Crippen molar-refractivity contribution in [3.63, 3.8) is 0 Å². The molecule has 2 aliphatic heterocycles. The van der Waals surface area contributed by atoms with Crippen LogP contribution in [0.1, 0.15) is 30.0 Å². The lowest BCUT2D eigenvalue weighted by Crippen LogP contribution is -2.44. The first-order chi connectivity index (χ1) is 12.5. The monoisotopic (exact) mass is 384 g/mol. The average Bonchev–Trinajstić information content (AvgIpc) is 3.01. The summed E-state index contributed by atoms with van der Waals surface area (Å²) in [7, 11) is 0. The van der Waals surface area contributed by atoms with Crippen molar-refractivity contribution < 1.29 is 14.6 Å². The number of carbonyl (C=O) groups is 1. The Hall–Kier alpha value is -2.70. The molecule has 2 aromatic heterocycles. The van der Waals surface area contributed by atoms with Gasteiger partial charge in [-0.15, -0.1) is 12.4 Å². The summed E-state index contributed by atoms with van der Waals surface area (Å²) < 4.78 is 6.72. The number of nitrogens with zero attached hydrogens (tertiary/aromatic N) is 2. The summed E-state index contributed by atoms with van der Waals surface area (Å²) >= 11 is 0. The zero-order valence-electron chi connectivity index (χ0n) is 14.6. The summed E-state index contributed by atoms with van der Waals surface area (Å²) in [6, 6.07) is 11.6. The van der Waals surface area contributed by atoms with Gasteiger partial charge in [-0.3, -0.25) is 4.79 Å². The fourth-order valence-corrected chi connectivity index (χ4v) is 3.93. The van der Waals surface area contributed by atoms with Gasteiger partial charge in [-0.2, -0.15) is 0 Å². The molecule has 0 radical (unpaired) electrons. The lowest BCUT2D eigenvalue weighted by atomic mass is 9.86. The number of halogens is 1. The molecule has 4 heterocycles. The van der Waals surface area contributed by atoms with Gasteiger partial charge in [0.05, 0.1) is 29.0 Å². The van der Waals surface area contributed by atoms with E-state index < -0.39 is 11.6 Å². The SMILES string of the molecule is CC[C@]1(O)C(=O)OCc2c1cc1n(c2=O)Cc2cc3ccccc3nc2-1.Cl. The van der Waals surface area contributed by atoms with Crippen LogP contribution in [0.25, 0.3) is 22.3 Å². The first kappa shape index (κ1) is 17.7. The zero-order chi connectivity index (χ0) is 18.1. The number of pyridine rings is 2. The summed E-state index contributed by atoms with van der Waals surface area (Å²) in [6.45, 7) is 2.01. The van der Waals surface area contributed by atoms with Gasteiger partial charge in [0.2, 0.25) is 0 Å². The minimum Gasteiger partial charge on any atom is -0.458 e. The summed E-state index contributed by atoms with van der Waals surface area (Å²) in [6.07, 6.45) is 0.139. The minimum atomic E-state index is -1.79. The van der Waals surface area contributed by atoms with Crippen molar-refractivity contribution in [1.29, 1.82) is 0 Å². The van der Waals surface area contributed by atoms with Gasteiger partial charge < -0.3 is 14.4 Å². The van der Waals surface area contributed by atoms with E-state index in [1.54, 1.807) is 17.6 Å². The second-order valence-electron chi connectivity index (χ2n) is 6.79. The van der Waals surface area contributed by atoms with Gasteiger partial charge >= 0.3 is 5.97 Å². The summed E-state index contributed by atoms with van der Waals surface area (Å²) in [5.41, 5.74) is 1.81. The Labute approximate surface area is 160 Å². The predicted molar refractivity (Wildman–Crippen MR) is 102 cm³/mol. The van der Waals surface area contributed by atoms with E-state index >= 15 is 0 Å². The van der Waals surface area contributed by atoms with Crippen molar-refractivity contribution in [3.05, 3.63) is 63.4 Å². The molecule has 0 saturated carbocycles. The standard InChI is InChI=1S/C20H16N2O4.ClH/c1-2-20(25)14-8-16-17-12(7-11-5-3-4-6-15(11)21-17)9-22(16)18(23)13(14)10-26-19(20)24;/h3-8,25H,2,9-10H2,1H3;1H/t20-;/m1./s1. The Morgan fingerprint density at radius 1 is 1.26 bits per heavy atom. The van der Waals surface area contributed by atoms with Crippen molar-refractivity contribution in [2.75, 3.05) is 0 Å². The smallest absolute Gasteiger partial charge is 0.343 e. The van der Waals surface area contributed by atoms with Crippen LogP contribution in [0.15, 0.2) is 41.2 Å². The van der Waals surface area contributed by atoms with Crippen LogP contribution in [0.5, 0.6) is 0 Å². The maximum absolute atomic E-state index is 13.0. The molecular formula is C20H17ClN2O4. The van der Waals surface area contributed by atoms with E-state index in [0.717, 1.165) is 22.2 Å². The first-order valence-corrected chi connectivity index (χ1v) is 8.59. The highest BCUT2D eigenvalue weighted by molar-refractivity contribution is 5.86. The van der Waals surface area contributed by atoms with E-state index in [-0.39, 0.29) is 31.0 Å². The normalized spacial score (nSPS) is 19.7. The molecule has 0 fully saturated rings. The molecule has 0 amide bonds. The molecule has 0 spiro atoms. The number of ether oxygens (including phenoxy) is 1. The van der Waals surface area contributed by atoms with Gasteiger partial charge in [0.25, 0.3) is 5.56 Å². The number of carbonyl (C=O) groups excluding carboxylic acids is 1. The van der Waals surface area contributed by atoms with E-state index in [0.29, 0.717) is 23.4 Å². The highest BCUT2D eigenvalue weighted by Crippen LogP contribution is 2.38. The van der Waals surface area contributed by atoms with Crippen LogP contribution in [0, 0.1) is 0 Å². The number of fused-ring (bicyclic) bond motifs is 5. The Bertz CT molecular complexity index is 1170. The summed E-state index contributed by atoms with van der Waals surface area (Å²) in [4.78, 5) is 29.9. The van der Waals surface area contributed by atoms with Crippen LogP contribution in [-0.2, 0) is 28.3 Å². The lowest BCUT2D eigenvalue weighted by Gasteiger charge is -2.31. The largest absolute Gasteiger partial charge is 0.458 e. The number of benzene rings is 1. The minimum absolute atomic E-state index is 0. The molecule has 27 heavy (non-hydrogen) atoms. The van der Waals surface area contributed by atoms with Gasteiger partial charge in [0.15, 0.2) is 5.60 Å². The number of aliphatic hydroxyl groups is 1. The van der Waals surface area contributed by atoms with Crippen LogP contribution in [0.2, 0.25) is 0 Å². The Morgan fingerprint density at radius 3 is 2.81 bits per heavy atom. The molecule has 0 saturated heterocycles. The fourth-order valence-electron chi connectivity index (χ4n) is 3.93. The molecule has 1 N–H and O–H groups in total. The quantitative estimate of drug-likeness (QED) is 0.510. The topological polar surface area (TPSA) is 81.4 Å². The third-order valence-electron chi connectivity index (χ3n) is 5.42. The van der Waals surface area contributed by atoms with Crippen molar-refractivity contribution >= 4 is 29.3 Å². The number of rotatable bonds is 1. The number of para-hydroxylation sites is 1. The highest BCUT2D eigenvalue weighted by atomic mass is 35.5. The maximum atomic E-state index is 13.0. The Morgan fingerprint density at radius 2 is 2.04 bits per heavy atom. The molecule has 7 heteroatoms. The number of esters is 1. The third-order valence-corrected chi connectivity index (χ3v) is 5.42.